The maximum atomic E-state index is 12.6. The molecule has 6 nitrogen and oxygen atoms in total. The van der Waals surface area contributed by atoms with Gasteiger partial charge in [-0.05, 0) is 12.1 Å². The van der Waals surface area contributed by atoms with Gasteiger partial charge in [-0.25, -0.2) is 0 Å². The molecule has 1 aliphatic rings. The van der Waals surface area contributed by atoms with Crippen molar-refractivity contribution in [3.63, 3.8) is 0 Å². The molecule has 0 radical (unpaired) electrons. The van der Waals surface area contributed by atoms with Crippen molar-refractivity contribution in [1.29, 1.82) is 0 Å². The predicted molar refractivity (Wildman–Crippen MR) is 79.1 cm³/mol. The van der Waals surface area contributed by atoms with E-state index < -0.39 is 20.8 Å². The smallest absolute Gasteiger partial charge is 0.296 e. The first kappa shape index (κ1) is 14.4. The SMILES string of the molecule is CNc1c(S(=O)(=O)O)ccc2c1C(=O)c1ccccc1C2=O. The molecule has 0 atom stereocenters. The van der Waals surface area contributed by atoms with E-state index in [0.717, 1.165) is 6.07 Å². The van der Waals surface area contributed by atoms with E-state index in [9.17, 15) is 22.6 Å². The zero-order valence-corrected chi connectivity index (χ0v) is 12.3. The highest BCUT2D eigenvalue weighted by atomic mass is 32.2. The Hall–Kier alpha value is -2.51. The van der Waals surface area contributed by atoms with Crippen LogP contribution in [0.4, 0.5) is 5.69 Å². The molecule has 0 bridgehead atoms. The first-order chi connectivity index (χ1) is 10.4. The van der Waals surface area contributed by atoms with Crippen LogP contribution in [0.25, 0.3) is 0 Å². The number of ketones is 2. The van der Waals surface area contributed by atoms with E-state index in [4.69, 9.17) is 0 Å². The summed E-state index contributed by atoms with van der Waals surface area (Å²) in [6, 6.07) is 8.70. The Morgan fingerprint density at radius 2 is 1.50 bits per heavy atom. The lowest BCUT2D eigenvalue weighted by Gasteiger charge is -2.21. The van der Waals surface area contributed by atoms with Crippen LogP contribution in [0.2, 0.25) is 0 Å². The standard InChI is InChI=1S/C15H11NO5S/c1-16-13-11(22(19,20)21)7-6-10-12(13)15(18)9-5-3-2-4-8(9)14(10)17/h2-7,16H,1H3,(H,19,20,21). The zero-order valence-electron chi connectivity index (χ0n) is 11.5. The number of anilines is 1. The van der Waals surface area contributed by atoms with Gasteiger partial charge < -0.3 is 5.32 Å². The lowest BCUT2D eigenvalue weighted by molar-refractivity contribution is 0.0979. The van der Waals surface area contributed by atoms with Crippen molar-refractivity contribution in [1.82, 2.24) is 0 Å². The Labute approximate surface area is 126 Å². The summed E-state index contributed by atoms with van der Waals surface area (Å²) in [7, 11) is -3.10. The van der Waals surface area contributed by atoms with Crippen LogP contribution < -0.4 is 5.32 Å². The van der Waals surface area contributed by atoms with Gasteiger partial charge in [0.05, 0.1) is 11.3 Å². The molecule has 0 fully saturated rings. The van der Waals surface area contributed by atoms with E-state index in [1.165, 1.54) is 19.2 Å². The third-order valence-electron chi connectivity index (χ3n) is 3.58. The molecule has 0 saturated carbocycles. The monoisotopic (exact) mass is 317 g/mol. The first-order valence-electron chi connectivity index (χ1n) is 6.37. The van der Waals surface area contributed by atoms with Crippen molar-refractivity contribution < 1.29 is 22.6 Å². The van der Waals surface area contributed by atoms with Crippen molar-refractivity contribution in [2.75, 3.05) is 12.4 Å². The molecule has 0 aliphatic heterocycles. The average Bonchev–Trinajstić information content (AvgIpc) is 2.50. The summed E-state index contributed by atoms with van der Waals surface area (Å²) in [6.07, 6.45) is 0. The Kier molecular flexibility index (Phi) is 3.12. The van der Waals surface area contributed by atoms with Gasteiger partial charge in [0.15, 0.2) is 11.6 Å². The maximum Gasteiger partial charge on any atom is 0.296 e. The molecule has 1 aliphatic carbocycles. The van der Waals surface area contributed by atoms with Gasteiger partial charge in [-0.15, -0.1) is 0 Å². The Morgan fingerprint density at radius 3 is 2.05 bits per heavy atom. The third kappa shape index (κ3) is 1.94. The van der Waals surface area contributed by atoms with Crippen molar-refractivity contribution in [2.45, 2.75) is 4.90 Å². The summed E-state index contributed by atoms with van der Waals surface area (Å²) < 4.78 is 32.2. The highest BCUT2D eigenvalue weighted by molar-refractivity contribution is 7.86. The molecule has 0 spiro atoms. The summed E-state index contributed by atoms with van der Waals surface area (Å²) in [5.74, 6) is -0.816. The Balaban J connectivity index is 2.39. The minimum absolute atomic E-state index is 0.0404. The first-order valence-corrected chi connectivity index (χ1v) is 7.81. The molecule has 22 heavy (non-hydrogen) atoms. The summed E-state index contributed by atoms with van der Waals surface area (Å²) in [4.78, 5) is 24.7. The van der Waals surface area contributed by atoms with Gasteiger partial charge >= 0.3 is 0 Å². The number of benzene rings is 2. The number of fused-ring (bicyclic) bond motifs is 2. The highest BCUT2D eigenvalue weighted by Gasteiger charge is 2.34. The van der Waals surface area contributed by atoms with Crippen LogP contribution in [0.3, 0.4) is 0 Å². The molecule has 2 aromatic carbocycles. The molecule has 7 heteroatoms. The fourth-order valence-corrected chi connectivity index (χ4v) is 3.33. The van der Waals surface area contributed by atoms with Crippen LogP contribution in [0.1, 0.15) is 31.8 Å². The highest BCUT2D eigenvalue weighted by Crippen LogP contribution is 2.35. The minimum atomic E-state index is -4.52. The number of carbonyl (C=O) groups excluding carboxylic acids is 2. The van der Waals surface area contributed by atoms with Gasteiger partial charge in [0.25, 0.3) is 10.1 Å². The molecule has 0 aromatic heterocycles. The molecule has 0 heterocycles. The van der Waals surface area contributed by atoms with Crippen molar-refractivity contribution >= 4 is 27.4 Å². The van der Waals surface area contributed by atoms with Gasteiger partial charge in [0, 0.05) is 23.7 Å². The molecular formula is C15H11NO5S. The largest absolute Gasteiger partial charge is 0.386 e. The number of rotatable bonds is 2. The van der Waals surface area contributed by atoms with Crippen LogP contribution in [0.15, 0.2) is 41.3 Å². The third-order valence-corrected chi connectivity index (χ3v) is 4.48. The molecule has 0 saturated heterocycles. The van der Waals surface area contributed by atoms with Gasteiger partial charge in [-0.2, -0.15) is 8.42 Å². The Morgan fingerprint density at radius 1 is 0.909 bits per heavy atom. The molecule has 0 unspecified atom stereocenters. The van der Waals surface area contributed by atoms with Crippen LogP contribution in [-0.2, 0) is 10.1 Å². The molecular weight excluding hydrogens is 306 g/mol. The fraction of sp³-hybridized carbons (Fsp3) is 0.0667. The van der Waals surface area contributed by atoms with Crippen molar-refractivity contribution in [3.05, 3.63) is 58.7 Å². The number of carbonyl (C=O) groups is 2. The fourth-order valence-electron chi connectivity index (χ4n) is 2.63. The molecule has 2 aromatic rings. The minimum Gasteiger partial charge on any atom is -0.386 e. The zero-order chi connectivity index (χ0) is 16.1. The molecule has 0 amide bonds. The van der Waals surface area contributed by atoms with E-state index >= 15 is 0 Å². The summed E-state index contributed by atoms with van der Waals surface area (Å²) >= 11 is 0. The molecule has 2 N–H and O–H groups in total. The van der Waals surface area contributed by atoms with Crippen molar-refractivity contribution in [3.8, 4) is 0 Å². The average molecular weight is 317 g/mol. The number of hydrogen-bond donors (Lipinski definition) is 2. The van der Waals surface area contributed by atoms with Gasteiger partial charge in [-0.3, -0.25) is 14.1 Å². The maximum absolute atomic E-state index is 12.6. The second-order valence-corrected chi connectivity index (χ2v) is 6.18. The normalized spacial score (nSPS) is 13.5. The van der Waals surface area contributed by atoms with Crippen molar-refractivity contribution in [2.24, 2.45) is 0 Å². The number of hydrogen-bond acceptors (Lipinski definition) is 5. The van der Waals surface area contributed by atoms with Crippen LogP contribution >= 0.6 is 0 Å². The number of nitrogens with one attached hydrogen (secondary N) is 1. The van der Waals surface area contributed by atoms with E-state index in [1.54, 1.807) is 18.2 Å². The van der Waals surface area contributed by atoms with Crippen LogP contribution in [0, 0.1) is 0 Å². The Bertz CT molecular complexity index is 931. The van der Waals surface area contributed by atoms with Gasteiger partial charge in [0.1, 0.15) is 4.90 Å². The molecule has 3 rings (SSSR count). The van der Waals surface area contributed by atoms with Gasteiger partial charge in [0.2, 0.25) is 0 Å². The van der Waals surface area contributed by atoms with Crippen LogP contribution in [-0.4, -0.2) is 31.6 Å². The van der Waals surface area contributed by atoms with Gasteiger partial charge in [-0.1, -0.05) is 24.3 Å². The summed E-state index contributed by atoms with van der Waals surface area (Å²) in [5, 5.41) is 2.60. The van der Waals surface area contributed by atoms with E-state index in [1.807, 2.05) is 0 Å². The second kappa shape index (κ2) is 4.75. The lowest BCUT2D eigenvalue weighted by atomic mass is 9.83. The summed E-state index contributed by atoms with van der Waals surface area (Å²) in [5.41, 5.74) is 0.486. The second-order valence-electron chi connectivity index (χ2n) is 4.79. The topological polar surface area (TPSA) is 101 Å². The predicted octanol–water partition coefficient (Wildman–Crippen LogP) is 1.75. The summed E-state index contributed by atoms with van der Waals surface area (Å²) in [6.45, 7) is 0. The van der Waals surface area contributed by atoms with E-state index in [2.05, 4.69) is 5.32 Å². The lowest BCUT2D eigenvalue weighted by Crippen LogP contribution is -2.23. The van der Waals surface area contributed by atoms with E-state index in [0.29, 0.717) is 0 Å². The quantitative estimate of drug-likeness (QED) is 0.698. The van der Waals surface area contributed by atoms with E-state index in [-0.39, 0.29) is 33.7 Å². The molecule has 112 valence electrons. The van der Waals surface area contributed by atoms with Crippen LogP contribution in [0.5, 0.6) is 0 Å².